The van der Waals surface area contributed by atoms with Gasteiger partial charge in [0.15, 0.2) is 0 Å². The Bertz CT molecular complexity index is 393. The molecule has 0 saturated heterocycles. The fourth-order valence-corrected chi connectivity index (χ4v) is 2.03. The lowest BCUT2D eigenvalue weighted by atomic mass is 10.1. The molecule has 2 nitrogen and oxygen atoms in total. The quantitative estimate of drug-likeness (QED) is 0.806. The predicted octanol–water partition coefficient (Wildman–Crippen LogP) is 1.79. The maximum Gasteiger partial charge on any atom is 0.0555 e. The van der Waals surface area contributed by atoms with Gasteiger partial charge in [-0.2, -0.15) is 11.8 Å². The molecule has 0 aliphatic rings. The van der Waals surface area contributed by atoms with E-state index in [0.717, 1.165) is 18.7 Å². The molecule has 3 heteroatoms. The summed E-state index contributed by atoms with van der Waals surface area (Å²) in [4.78, 5) is 2.33. The fraction of sp³-hybridized carbons (Fsp3) is 0.429. The first-order valence-corrected chi connectivity index (χ1v) is 7.11. The Morgan fingerprint density at radius 2 is 2.24 bits per heavy atom. The smallest absolute Gasteiger partial charge is 0.0555 e. The molecule has 0 unspecified atom stereocenters. The molecule has 0 bridgehead atoms. The van der Waals surface area contributed by atoms with Crippen LogP contribution in [-0.4, -0.2) is 37.0 Å². The lowest BCUT2D eigenvalue weighted by Gasteiger charge is -2.15. The largest absolute Gasteiger partial charge is 0.320 e. The topological polar surface area (TPSA) is 29.3 Å². The monoisotopic (exact) mass is 248 g/mol. The highest BCUT2D eigenvalue weighted by Crippen LogP contribution is 2.07. The predicted molar refractivity (Wildman–Crippen MR) is 77.1 cm³/mol. The number of nitrogens with two attached hydrogens (primary N) is 1. The number of rotatable bonds is 5. The van der Waals surface area contributed by atoms with Gasteiger partial charge in [0, 0.05) is 24.4 Å². The molecule has 0 spiro atoms. The van der Waals surface area contributed by atoms with Gasteiger partial charge in [0.05, 0.1) is 6.54 Å². The van der Waals surface area contributed by atoms with E-state index in [1.54, 1.807) is 0 Å². The van der Waals surface area contributed by atoms with Crippen LogP contribution >= 0.6 is 11.8 Å². The summed E-state index contributed by atoms with van der Waals surface area (Å²) < 4.78 is 0. The summed E-state index contributed by atoms with van der Waals surface area (Å²) in [6.07, 6.45) is 2.14. The number of hydrogen-bond donors (Lipinski definition) is 1. The third kappa shape index (κ3) is 5.78. The molecule has 0 heterocycles. The summed E-state index contributed by atoms with van der Waals surface area (Å²) in [5, 5.41) is 0. The van der Waals surface area contributed by atoms with Crippen LogP contribution in [-0.2, 0) is 6.54 Å². The van der Waals surface area contributed by atoms with Crippen LogP contribution in [0.5, 0.6) is 0 Å². The Labute approximate surface area is 109 Å². The molecule has 0 aliphatic heterocycles. The minimum absolute atomic E-state index is 0.415. The van der Waals surface area contributed by atoms with Crippen molar-refractivity contribution in [1.29, 1.82) is 0 Å². The molecule has 1 aromatic carbocycles. The number of hydrogen-bond acceptors (Lipinski definition) is 3. The van der Waals surface area contributed by atoms with Gasteiger partial charge < -0.3 is 10.6 Å². The van der Waals surface area contributed by atoms with Crippen LogP contribution in [0.25, 0.3) is 0 Å². The first-order chi connectivity index (χ1) is 8.26. The summed E-state index contributed by atoms with van der Waals surface area (Å²) in [5.74, 6) is 7.11. The molecule has 1 aromatic rings. The van der Waals surface area contributed by atoms with E-state index >= 15 is 0 Å². The minimum atomic E-state index is 0.415. The molecular weight excluding hydrogens is 228 g/mol. The van der Waals surface area contributed by atoms with Crippen molar-refractivity contribution in [2.24, 2.45) is 5.73 Å². The van der Waals surface area contributed by atoms with Crippen LogP contribution in [0.2, 0.25) is 0 Å². The molecular formula is C14H20N2S. The Hall–Kier alpha value is -0.950. The lowest BCUT2D eigenvalue weighted by Crippen LogP contribution is -2.20. The Morgan fingerprint density at radius 3 is 2.94 bits per heavy atom. The van der Waals surface area contributed by atoms with Crippen molar-refractivity contribution in [1.82, 2.24) is 4.90 Å². The first-order valence-electron chi connectivity index (χ1n) is 5.71. The van der Waals surface area contributed by atoms with Gasteiger partial charge >= 0.3 is 0 Å². The minimum Gasteiger partial charge on any atom is -0.320 e. The van der Waals surface area contributed by atoms with Crippen LogP contribution in [0.1, 0.15) is 11.1 Å². The normalized spacial score (nSPS) is 10.1. The molecule has 0 amide bonds. The summed E-state index contributed by atoms with van der Waals surface area (Å²) in [6.45, 7) is 2.50. The number of benzene rings is 1. The maximum absolute atomic E-state index is 5.37. The van der Waals surface area contributed by atoms with E-state index in [1.165, 1.54) is 11.3 Å². The van der Waals surface area contributed by atoms with Crippen molar-refractivity contribution in [3.05, 3.63) is 35.4 Å². The Kier molecular flexibility index (Phi) is 6.80. The second kappa shape index (κ2) is 8.19. The maximum atomic E-state index is 5.37. The molecule has 92 valence electrons. The van der Waals surface area contributed by atoms with E-state index in [4.69, 9.17) is 5.73 Å². The van der Waals surface area contributed by atoms with E-state index in [2.05, 4.69) is 48.2 Å². The van der Waals surface area contributed by atoms with Gasteiger partial charge in [0.25, 0.3) is 0 Å². The second-order valence-electron chi connectivity index (χ2n) is 3.94. The molecule has 0 fully saturated rings. The zero-order valence-electron chi connectivity index (χ0n) is 10.6. The molecule has 0 atom stereocenters. The van der Waals surface area contributed by atoms with Crippen LogP contribution in [0, 0.1) is 11.8 Å². The van der Waals surface area contributed by atoms with Crippen molar-refractivity contribution < 1.29 is 0 Å². The zero-order valence-corrected chi connectivity index (χ0v) is 11.4. The first kappa shape index (κ1) is 14.1. The Balaban J connectivity index is 2.59. The summed E-state index contributed by atoms with van der Waals surface area (Å²) >= 11 is 1.88. The number of nitrogens with zero attached hydrogens (tertiary/aromatic N) is 1. The van der Waals surface area contributed by atoms with Gasteiger partial charge in [-0.1, -0.05) is 24.0 Å². The standard InChI is InChI=1S/C14H20N2S/c1-16(9-10-17-2)12-14-6-3-5-13(11-14)7-4-8-15/h3,5-6,11H,8-10,12,15H2,1-2H3. The SMILES string of the molecule is CSCCN(C)Cc1cccc(C#CCN)c1. The zero-order chi connectivity index (χ0) is 12.5. The Morgan fingerprint density at radius 1 is 1.41 bits per heavy atom. The third-order valence-electron chi connectivity index (χ3n) is 2.39. The van der Waals surface area contributed by atoms with E-state index in [0.29, 0.717) is 6.54 Å². The van der Waals surface area contributed by atoms with Gasteiger partial charge in [-0.3, -0.25) is 0 Å². The van der Waals surface area contributed by atoms with Crippen molar-refractivity contribution in [2.45, 2.75) is 6.54 Å². The van der Waals surface area contributed by atoms with E-state index in [1.807, 2.05) is 17.8 Å². The molecule has 0 saturated carbocycles. The van der Waals surface area contributed by atoms with Gasteiger partial charge in [-0.05, 0) is 31.0 Å². The third-order valence-corrected chi connectivity index (χ3v) is 2.98. The molecule has 0 aromatic heterocycles. The summed E-state index contributed by atoms with van der Waals surface area (Å²) in [7, 11) is 2.15. The van der Waals surface area contributed by atoms with Crippen LogP contribution in [0.3, 0.4) is 0 Å². The molecule has 0 aliphatic carbocycles. The summed E-state index contributed by atoms with van der Waals surface area (Å²) in [5.41, 5.74) is 7.72. The number of thioether (sulfide) groups is 1. The molecule has 2 N–H and O–H groups in total. The summed E-state index contributed by atoms with van der Waals surface area (Å²) in [6, 6.07) is 8.35. The van der Waals surface area contributed by atoms with Crippen LogP contribution in [0.15, 0.2) is 24.3 Å². The average Bonchev–Trinajstić information content (AvgIpc) is 2.34. The van der Waals surface area contributed by atoms with Gasteiger partial charge in [-0.15, -0.1) is 0 Å². The van der Waals surface area contributed by atoms with Gasteiger partial charge in [0.1, 0.15) is 0 Å². The van der Waals surface area contributed by atoms with Gasteiger partial charge in [0.2, 0.25) is 0 Å². The fourth-order valence-electron chi connectivity index (χ4n) is 1.54. The molecule has 1 rings (SSSR count). The highest BCUT2D eigenvalue weighted by molar-refractivity contribution is 7.98. The van der Waals surface area contributed by atoms with Crippen LogP contribution in [0.4, 0.5) is 0 Å². The highest BCUT2D eigenvalue weighted by atomic mass is 32.2. The highest BCUT2D eigenvalue weighted by Gasteiger charge is 2.00. The lowest BCUT2D eigenvalue weighted by molar-refractivity contribution is 0.349. The second-order valence-corrected chi connectivity index (χ2v) is 4.92. The van der Waals surface area contributed by atoms with E-state index < -0.39 is 0 Å². The molecule has 17 heavy (non-hydrogen) atoms. The van der Waals surface area contributed by atoms with Crippen molar-refractivity contribution in [2.75, 3.05) is 32.1 Å². The molecule has 0 radical (unpaired) electrons. The van der Waals surface area contributed by atoms with Crippen LogP contribution < -0.4 is 5.73 Å². The van der Waals surface area contributed by atoms with E-state index in [-0.39, 0.29) is 0 Å². The van der Waals surface area contributed by atoms with Crippen molar-refractivity contribution >= 4 is 11.8 Å². The van der Waals surface area contributed by atoms with Crippen molar-refractivity contribution in [3.63, 3.8) is 0 Å². The average molecular weight is 248 g/mol. The van der Waals surface area contributed by atoms with Gasteiger partial charge in [-0.25, -0.2) is 0 Å². The van der Waals surface area contributed by atoms with Crippen molar-refractivity contribution in [3.8, 4) is 11.8 Å². The van der Waals surface area contributed by atoms with E-state index in [9.17, 15) is 0 Å².